The Morgan fingerprint density at radius 1 is 1.09 bits per heavy atom. The van der Waals surface area contributed by atoms with Crippen LogP contribution in [0, 0.1) is 0 Å². The highest BCUT2D eigenvalue weighted by Gasteiger charge is 2.33. The molecule has 1 aliphatic carbocycles. The molecular weight excluding hydrogens is 276 g/mol. The van der Waals surface area contributed by atoms with Gasteiger partial charge in [-0.2, -0.15) is 5.10 Å². The van der Waals surface area contributed by atoms with Crippen LogP contribution in [0.4, 0.5) is 0 Å². The Kier molecular flexibility index (Phi) is 3.21. The molecule has 0 spiro atoms. The Balaban J connectivity index is 1.72. The Morgan fingerprint density at radius 3 is 2.55 bits per heavy atom. The first-order valence-electron chi connectivity index (χ1n) is 7.98. The second-order valence-electron chi connectivity index (χ2n) is 6.35. The molecule has 2 heterocycles. The number of piperidine rings is 1. The maximum atomic E-state index is 12.0. The van der Waals surface area contributed by atoms with Gasteiger partial charge in [-0.25, -0.2) is 9.67 Å². The molecule has 1 saturated heterocycles. The molecule has 1 amide bonds. The predicted octanol–water partition coefficient (Wildman–Crippen LogP) is 2.48. The smallest absolute Gasteiger partial charge is 0.223 e. The predicted molar refractivity (Wildman–Crippen MR) is 82.9 cm³/mol. The number of carbonyl (C=O) groups is 1. The number of para-hydroxylation sites is 1. The SMILES string of the molecule is CN1CCC(c2nc(C3CC3)nn2-c2ccccc2)CC1=O. The zero-order valence-electron chi connectivity index (χ0n) is 12.8. The van der Waals surface area contributed by atoms with E-state index in [4.69, 9.17) is 10.1 Å². The topological polar surface area (TPSA) is 51.0 Å². The van der Waals surface area contributed by atoms with Crippen molar-refractivity contribution in [1.29, 1.82) is 0 Å². The molecule has 1 aliphatic heterocycles. The lowest BCUT2D eigenvalue weighted by Crippen LogP contribution is -2.35. The molecule has 2 fully saturated rings. The number of benzene rings is 1. The zero-order valence-corrected chi connectivity index (χ0v) is 12.8. The van der Waals surface area contributed by atoms with E-state index in [1.807, 2.05) is 47.0 Å². The second kappa shape index (κ2) is 5.23. The number of hydrogen-bond acceptors (Lipinski definition) is 3. The molecule has 0 bridgehead atoms. The number of carbonyl (C=O) groups excluding carboxylic acids is 1. The van der Waals surface area contributed by atoms with E-state index in [0.29, 0.717) is 12.3 Å². The normalized spacial score (nSPS) is 22.1. The van der Waals surface area contributed by atoms with Gasteiger partial charge in [0.15, 0.2) is 5.82 Å². The molecule has 1 aromatic heterocycles. The quantitative estimate of drug-likeness (QED) is 0.874. The van der Waals surface area contributed by atoms with Crippen molar-refractivity contribution in [3.8, 4) is 5.69 Å². The van der Waals surface area contributed by atoms with Gasteiger partial charge in [0, 0.05) is 31.8 Å². The molecule has 2 aromatic rings. The largest absolute Gasteiger partial charge is 0.346 e. The van der Waals surface area contributed by atoms with Gasteiger partial charge in [0.05, 0.1) is 5.69 Å². The highest BCUT2D eigenvalue weighted by molar-refractivity contribution is 5.77. The summed E-state index contributed by atoms with van der Waals surface area (Å²) in [6.45, 7) is 0.796. The van der Waals surface area contributed by atoms with Gasteiger partial charge in [0.1, 0.15) is 5.82 Å². The molecule has 1 atom stereocenters. The van der Waals surface area contributed by atoms with Crippen LogP contribution in [0.15, 0.2) is 30.3 Å². The number of amides is 1. The lowest BCUT2D eigenvalue weighted by atomic mass is 9.95. The van der Waals surface area contributed by atoms with Crippen LogP contribution in [0.5, 0.6) is 0 Å². The zero-order chi connectivity index (χ0) is 15.1. The molecule has 0 radical (unpaired) electrons. The maximum absolute atomic E-state index is 12.0. The fourth-order valence-corrected chi connectivity index (χ4v) is 3.04. The number of likely N-dealkylation sites (tertiary alicyclic amines) is 1. The van der Waals surface area contributed by atoms with Crippen molar-refractivity contribution in [3.05, 3.63) is 42.0 Å². The third kappa shape index (κ3) is 2.40. The van der Waals surface area contributed by atoms with Gasteiger partial charge in [-0.15, -0.1) is 0 Å². The van der Waals surface area contributed by atoms with E-state index in [1.54, 1.807) is 0 Å². The molecule has 22 heavy (non-hydrogen) atoms. The van der Waals surface area contributed by atoms with Gasteiger partial charge in [-0.3, -0.25) is 4.79 Å². The lowest BCUT2D eigenvalue weighted by molar-refractivity contribution is -0.132. The lowest BCUT2D eigenvalue weighted by Gasteiger charge is -2.28. The highest BCUT2D eigenvalue weighted by Crippen LogP contribution is 2.39. The van der Waals surface area contributed by atoms with Crippen molar-refractivity contribution in [1.82, 2.24) is 19.7 Å². The summed E-state index contributed by atoms with van der Waals surface area (Å²) in [5.41, 5.74) is 1.03. The fourth-order valence-electron chi connectivity index (χ4n) is 3.04. The molecule has 0 N–H and O–H groups in total. The first kappa shape index (κ1) is 13.5. The maximum Gasteiger partial charge on any atom is 0.223 e. The molecule has 114 valence electrons. The van der Waals surface area contributed by atoms with Gasteiger partial charge >= 0.3 is 0 Å². The van der Waals surface area contributed by atoms with E-state index >= 15 is 0 Å². The van der Waals surface area contributed by atoms with Crippen molar-refractivity contribution >= 4 is 5.91 Å². The van der Waals surface area contributed by atoms with Gasteiger partial charge in [-0.05, 0) is 31.4 Å². The van der Waals surface area contributed by atoms with Crippen LogP contribution in [-0.4, -0.2) is 39.2 Å². The molecule has 4 rings (SSSR count). The molecular formula is C17H20N4O. The molecule has 1 unspecified atom stereocenters. The summed E-state index contributed by atoms with van der Waals surface area (Å²) in [4.78, 5) is 18.7. The van der Waals surface area contributed by atoms with Crippen molar-refractivity contribution in [3.63, 3.8) is 0 Å². The summed E-state index contributed by atoms with van der Waals surface area (Å²) in [7, 11) is 1.87. The Bertz CT molecular complexity index is 690. The van der Waals surface area contributed by atoms with Gasteiger partial charge < -0.3 is 4.90 Å². The minimum absolute atomic E-state index is 0.170. The van der Waals surface area contributed by atoms with E-state index in [0.717, 1.165) is 30.3 Å². The second-order valence-corrected chi connectivity index (χ2v) is 6.35. The monoisotopic (exact) mass is 296 g/mol. The van der Waals surface area contributed by atoms with Crippen LogP contribution >= 0.6 is 0 Å². The number of nitrogens with zero attached hydrogens (tertiary/aromatic N) is 4. The number of aromatic nitrogens is 3. The summed E-state index contributed by atoms with van der Waals surface area (Å²) in [6.07, 6.45) is 3.86. The fraction of sp³-hybridized carbons (Fsp3) is 0.471. The first-order valence-corrected chi connectivity index (χ1v) is 7.98. The van der Waals surface area contributed by atoms with Crippen LogP contribution in [0.25, 0.3) is 5.69 Å². The van der Waals surface area contributed by atoms with Crippen LogP contribution < -0.4 is 0 Å². The summed E-state index contributed by atoms with van der Waals surface area (Å²) in [5, 5.41) is 4.74. The third-order valence-electron chi connectivity index (χ3n) is 4.62. The highest BCUT2D eigenvalue weighted by atomic mass is 16.2. The van der Waals surface area contributed by atoms with Gasteiger partial charge in [-0.1, -0.05) is 18.2 Å². The van der Waals surface area contributed by atoms with Gasteiger partial charge in [0.25, 0.3) is 0 Å². The third-order valence-corrected chi connectivity index (χ3v) is 4.62. The van der Waals surface area contributed by atoms with E-state index in [9.17, 15) is 4.79 Å². The van der Waals surface area contributed by atoms with Crippen LogP contribution in [0.2, 0.25) is 0 Å². The summed E-state index contributed by atoms with van der Waals surface area (Å²) in [6, 6.07) is 10.1. The Labute approximate surface area is 130 Å². The van der Waals surface area contributed by atoms with E-state index in [-0.39, 0.29) is 11.8 Å². The van der Waals surface area contributed by atoms with Crippen molar-refractivity contribution in [2.24, 2.45) is 0 Å². The summed E-state index contributed by atoms with van der Waals surface area (Å²) in [5.74, 6) is 2.79. The van der Waals surface area contributed by atoms with E-state index in [2.05, 4.69) is 0 Å². The summed E-state index contributed by atoms with van der Waals surface area (Å²) < 4.78 is 1.96. The number of rotatable bonds is 3. The molecule has 5 heteroatoms. The van der Waals surface area contributed by atoms with Crippen LogP contribution in [0.3, 0.4) is 0 Å². The molecule has 1 aromatic carbocycles. The van der Waals surface area contributed by atoms with E-state index < -0.39 is 0 Å². The minimum Gasteiger partial charge on any atom is -0.346 e. The minimum atomic E-state index is 0.170. The average Bonchev–Trinajstić information content (AvgIpc) is 3.30. The molecule has 2 aliphatic rings. The molecule has 1 saturated carbocycles. The first-order chi connectivity index (χ1) is 10.7. The summed E-state index contributed by atoms with van der Waals surface area (Å²) >= 11 is 0. The van der Waals surface area contributed by atoms with Crippen LogP contribution in [-0.2, 0) is 4.79 Å². The van der Waals surface area contributed by atoms with Crippen molar-refractivity contribution in [2.75, 3.05) is 13.6 Å². The van der Waals surface area contributed by atoms with Crippen LogP contribution in [0.1, 0.15) is 49.2 Å². The van der Waals surface area contributed by atoms with Crippen molar-refractivity contribution < 1.29 is 4.79 Å². The average molecular weight is 296 g/mol. The standard InChI is InChI=1S/C17H20N4O/c1-20-10-9-13(11-15(20)22)17-18-16(12-7-8-12)19-21(17)14-5-3-2-4-6-14/h2-6,12-13H,7-11H2,1H3. The Morgan fingerprint density at radius 2 is 1.86 bits per heavy atom. The van der Waals surface area contributed by atoms with Crippen molar-refractivity contribution in [2.45, 2.75) is 37.5 Å². The number of hydrogen-bond donors (Lipinski definition) is 0. The Hall–Kier alpha value is -2.17. The van der Waals surface area contributed by atoms with Gasteiger partial charge in [0.2, 0.25) is 5.91 Å². The molecule has 5 nitrogen and oxygen atoms in total. The van der Waals surface area contributed by atoms with E-state index in [1.165, 1.54) is 12.8 Å².